The van der Waals surface area contributed by atoms with Crippen molar-refractivity contribution in [1.82, 2.24) is 9.62 Å². The van der Waals surface area contributed by atoms with Gasteiger partial charge in [-0.3, -0.25) is 4.79 Å². The van der Waals surface area contributed by atoms with Crippen molar-refractivity contribution >= 4 is 21.9 Å². The molecular weight excluding hydrogens is 344 g/mol. The first kappa shape index (κ1) is 17.9. The number of amides is 1. The molecule has 0 bridgehead atoms. The van der Waals surface area contributed by atoms with Crippen LogP contribution < -0.4 is 4.72 Å². The minimum atomic E-state index is -3.57. The first-order chi connectivity index (χ1) is 11.8. The molecule has 2 fully saturated rings. The zero-order valence-electron chi connectivity index (χ0n) is 14.0. The third-order valence-corrected chi connectivity index (χ3v) is 6.72. The largest absolute Gasteiger partial charge is 0.480 e. The molecule has 136 valence electrons. The highest BCUT2D eigenvalue weighted by Crippen LogP contribution is 2.40. The number of sulfonamides is 1. The van der Waals surface area contributed by atoms with Crippen molar-refractivity contribution in [2.75, 3.05) is 7.05 Å². The van der Waals surface area contributed by atoms with Crippen LogP contribution in [0.15, 0.2) is 29.2 Å². The van der Waals surface area contributed by atoms with Gasteiger partial charge in [0, 0.05) is 11.6 Å². The maximum absolute atomic E-state index is 12.9. The van der Waals surface area contributed by atoms with Gasteiger partial charge < -0.3 is 10.0 Å². The third kappa shape index (κ3) is 3.28. The van der Waals surface area contributed by atoms with Crippen molar-refractivity contribution in [1.29, 1.82) is 0 Å². The molecule has 3 rings (SSSR count). The van der Waals surface area contributed by atoms with E-state index in [0.29, 0.717) is 12.0 Å². The summed E-state index contributed by atoms with van der Waals surface area (Å²) in [5.41, 5.74) is 0.313. The number of hydrogen-bond acceptors (Lipinski definition) is 4. The number of hydrogen-bond donors (Lipinski definition) is 2. The van der Waals surface area contributed by atoms with Crippen LogP contribution in [0.3, 0.4) is 0 Å². The van der Waals surface area contributed by atoms with Crippen LogP contribution in [0, 0.1) is 5.92 Å². The topological polar surface area (TPSA) is 104 Å². The van der Waals surface area contributed by atoms with Crippen molar-refractivity contribution < 1.29 is 23.1 Å². The van der Waals surface area contributed by atoms with Gasteiger partial charge in [0.1, 0.15) is 6.04 Å². The number of nitrogens with one attached hydrogen (secondary N) is 1. The van der Waals surface area contributed by atoms with E-state index in [1.807, 2.05) is 0 Å². The van der Waals surface area contributed by atoms with E-state index in [4.69, 9.17) is 0 Å². The molecule has 0 radical (unpaired) electrons. The Bertz CT molecular complexity index is 775. The van der Waals surface area contributed by atoms with Crippen molar-refractivity contribution in [3.05, 3.63) is 29.8 Å². The zero-order chi connectivity index (χ0) is 18.2. The molecule has 0 unspecified atom stereocenters. The highest BCUT2D eigenvalue weighted by molar-refractivity contribution is 7.89. The van der Waals surface area contributed by atoms with Crippen LogP contribution in [0.25, 0.3) is 0 Å². The minimum absolute atomic E-state index is 0.0388. The fourth-order valence-corrected chi connectivity index (χ4v) is 4.75. The quantitative estimate of drug-likeness (QED) is 0.839. The number of fused-ring (bicyclic) bond motifs is 1. The summed E-state index contributed by atoms with van der Waals surface area (Å²) in [6.07, 6.45) is 4.35. The molecule has 3 atom stereocenters. The van der Waals surface area contributed by atoms with Crippen LogP contribution >= 0.6 is 0 Å². The second-order valence-electron chi connectivity index (χ2n) is 6.65. The fraction of sp³-hybridized carbons (Fsp3) is 0.529. The molecule has 1 aliphatic carbocycles. The minimum Gasteiger partial charge on any atom is -0.480 e. The van der Waals surface area contributed by atoms with Gasteiger partial charge >= 0.3 is 5.97 Å². The monoisotopic (exact) mass is 366 g/mol. The standard InChI is InChI=1S/C17H22N2O5S/c1-18-25(23,24)13-8-6-11(7-9-13)16(20)19-14-5-3-2-4-12(14)10-15(19)17(21)22/h6-9,12,14-15,18H,2-5,10H2,1H3,(H,21,22)/t12-,14+,15-/m0/s1. The van der Waals surface area contributed by atoms with Crippen molar-refractivity contribution in [3.63, 3.8) is 0 Å². The van der Waals surface area contributed by atoms with Gasteiger partial charge in [0.25, 0.3) is 5.91 Å². The Labute approximate surface area is 147 Å². The van der Waals surface area contributed by atoms with Crippen LogP contribution in [-0.2, 0) is 14.8 Å². The van der Waals surface area contributed by atoms with E-state index < -0.39 is 22.0 Å². The predicted octanol–water partition coefficient (Wildman–Crippen LogP) is 1.45. The molecule has 1 aromatic rings. The number of aliphatic carboxylic acids is 1. The Morgan fingerprint density at radius 1 is 1.16 bits per heavy atom. The van der Waals surface area contributed by atoms with Gasteiger partial charge in [-0.25, -0.2) is 17.9 Å². The molecule has 1 saturated heterocycles. The van der Waals surface area contributed by atoms with Crippen LogP contribution in [0.1, 0.15) is 42.5 Å². The zero-order valence-corrected chi connectivity index (χ0v) is 14.8. The molecule has 7 nitrogen and oxygen atoms in total. The van der Waals surface area contributed by atoms with Gasteiger partial charge in [0.05, 0.1) is 4.90 Å². The maximum Gasteiger partial charge on any atom is 0.326 e. The first-order valence-corrected chi connectivity index (χ1v) is 9.92. The molecule has 0 spiro atoms. The molecule has 1 aliphatic heterocycles. The van der Waals surface area contributed by atoms with E-state index in [0.717, 1.165) is 25.7 Å². The smallest absolute Gasteiger partial charge is 0.326 e. The summed E-state index contributed by atoms with van der Waals surface area (Å²) in [5, 5.41) is 9.53. The summed E-state index contributed by atoms with van der Waals surface area (Å²) in [7, 11) is -2.25. The predicted molar refractivity (Wildman–Crippen MR) is 90.6 cm³/mol. The van der Waals surface area contributed by atoms with E-state index in [1.165, 1.54) is 36.2 Å². The second kappa shape index (κ2) is 6.76. The van der Waals surface area contributed by atoms with E-state index in [1.54, 1.807) is 0 Å². The molecule has 1 heterocycles. The Hall–Kier alpha value is -1.93. The lowest BCUT2D eigenvalue weighted by Crippen LogP contribution is -2.46. The lowest BCUT2D eigenvalue weighted by molar-refractivity contribution is -0.141. The van der Waals surface area contributed by atoms with Crippen molar-refractivity contribution in [2.24, 2.45) is 5.92 Å². The molecule has 0 aromatic heterocycles. The molecule has 1 saturated carbocycles. The van der Waals surface area contributed by atoms with Gasteiger partial charge in [-0.1, -0.05) is 12.8 Å². The molecule has 8 heteroatoms. The highest BCUT2D eigenvalue weighted by atomic mass is 32.2. The van der Waals surface area contributed by atoms with E-state index >= 15 is 0 Å². The number of rotatable bonds is 4. The van der Waals surface area contributed by atoms with Crippen LogP contribution in [-0.4, -0.2) is 49.4 Å². The molecule has 1 aromatic carbocycles. The Kier molecular flexibility index (Phi) is 4.83. The van der Waals surface area contributed by atoms with Crippen molar-refractivity contribution in [3.8, 4) is 0 Å². The summed E-state index contributed by atoms with van der Waals surface area (Å²) in [4.78, 5) is 26.2. The first-order valence-electron chi connectivity index (χ1n) is 8.44. The van der Waals surface area contributed by atoms with Crippen LogP contribution in [0.4, 0.5) is 0 Å². The Morgan fingerprint density at radius 3 is 2.40 bits per heavy atom. The number of benzene rings is 1. The number of nitrogens with zero attached hydrogens (tertiary/aromatic N) is 1. The average molecular weight is 366 g/mol. The SMILES string of the molecule is CNS(=O)(=O)c1ccc(C(=O)N2[C@@H]3CCCC[C@H]3C[C@H]2C(=O)O)cc1. The summed E-state index contributed by atoms with van der Waals surface area (Å²) < 4.78 is 25.8. The number of carbonyl (C=O) groups is 2. The van der Waals surface area contributed by atoms with E-state index in [9.17, 15) is 23.1 Å². The molecular formula is C17H22N2O5S. The lowest BCUT2D eigenvalue weighted by Gasteiger charge is -2.33. The summed E-state index contributed by atoms with van der Waals surface area (Å²) in [6.45, 7) is 0. The van der Waals surface area contributed by atoms with Gasteiger partial charge in [-0.2, -0.15) is 0 Å². The van der Waals surface area contributed by atoms with E-state index in [-0.39, 0.29) is 22.8 Å². The van der Waals surface area contributed by atoms with Gasteiger partial charge in [-0.05, 0) is 56.5 Å². The molecule has 1 amide bonds. The number of carbonyl (C=O) groups excluding carboxylic acids is 1. The molecule has 2 N–H and O–H groups in total. The maximum atomic E-state index is 12.9. The Balaban J connectivity index is 1.89. The van der Waals surface area contributed by atoms with Gasteiger partial charge in [0.15, 0.2) is 0 Å². The summed E-state index contributed by atoms with van der Waals surface area (Å²) in [6, 6.07) is 4.78. The number of carboxylic acid groups (broad SMARTS) is 1. The highest BCUT2D eigenvalue weighted by Gasteiger charge is 2.47. The summed E-state index contributed by atoms with van der Waals surface area (Å²) in [5.74, 6) is -1.07. The third-order valence-electron chi connectivity index (χ3n) is 5.29. The lowest BCUT2D eigenvalue weighted by atomic mass is 9.84. The average Bonchev–Trinajstić information content (AvgIpc) is 3.01. The van der Waals surface area contributed by atoms with Crippen LogP contribution in [0.5, 0.6) is 0 Å². The summed E-state index contributed by atoms with van der Waals surface area (Å²) >= 11 is 0. The van der Waals surface area contributed by atoms with E-state index in [2.05, 4.69) is 4.72 Å². The van der Waals surface area contributed by atoms with Gasteiger partial charge in [-0.15, -0.1) is 0 Å². The fourth-order valence-electron chi connectivity index (χ4n) is 4.02. The van der Waals surface area contributed by atoms with Crippen molar-refractivity contribution in [2.45, 2.75) is 49.1 Å². The molecule has 2 aliphatic rings. The second-order valence-corrected chi connectivity index (χ2v) is 8.53. The Morgan fingerprint density at radius 2 is 1.80 bits per heavy atom. The normalized spacial score (nSPS) is 26.3. The van der Waals surface area contributed by atoms with Crippen LogP contribution in [0.2, 0.25) is 0 Å². The number of carboxylic acids is 1. The van der Waals surface area contributed by atoms with Gasteiger partial charge in [0.2, 0.25) is 10.0 Å². The molecule has 25 heavy (non-hydrogen) atoms. The number of likely N-dealkylation sites (tertiary alicyclic amines) is 1.